The third-order valence-corrected chi connectivity index (χ3v) is 11.8. The zero-order valence-corrected chi connectivity index (χ0v) is 23.6. The lowest BCUT2D eigenvalue weighted by Crippen LogP contribution is -2.53. The van der Waals surface area contributed by atoms with Gasteiger partial charge < -0.3 is 4.74 Å². The summed E-state index contributed by atoms with van der Waals surface area (Å²) in [7, 11) is 0. The fraction of sp³-hybridized carbons (Fsp3) is 0.844. The maximum absolute atomic E-state index is 11.7. The number of allylic oxidation sites excluding steroid dienone is 4. The minimum absolute atomic E-state index is 0.111. The Kier molecular flexibility index (Phi) is 7.22. The van der Waals surface area contributed by atoms with Crippen LogP contribution in [0.15, 0.2) is 23.3 Å². The summed E-state index contributed by atoms with van der Waals surface area (Å²) in [6, 6.07) is 0. The van der Waals surface area contributed by atoms with E-state index in [-0.39, 0.29) is 12.1 Å². The summed E-state index contributed by atoms with van der Waals surface area (Å²) in [6.07, 6.45) is 14.4. The highest BCUT2D eigenvalue weighted by Crippen LogP contribution is 2.67. The van der Waals surface area contributed by atoms with Crippen molar-refractivity contribution in [2.24, 2.45) is 58.2 Å². The summed E-state index contributed by atoms with van der Waals surface area (Å²) in [4.78, 5) is 11.7. The molecule has 34 heavy (non-hydrogen) atoms. The van der Waals surface area contributed by atoms with Crippen LogP contribution in [0.4, 0.5) is 0 Å². The molecule has 2 heteroatoms. The average Bonchev–Trinajstić information content (AvgIpc) is 3.12. The number of hydrogen-bond acceptors (Lipinski definition) is 2. The molecule has 0 unspecified atom stereocenters. The Labute approximate surface area is 210 Å². The molecule has 4 aliphatic carbocycles. The van der Waals surface area contributed by atoms with Gasteiger partial charge in [0.1, 0.15) is 6.10 Å². The van der Waals surface area contributed by atoms with E-state index in [2.05, 4.69) is 67.5 Å². The summed E-state index contributed by atoms with van der Waals surface area (Å²) in [6.45, 7) is 21.1. The highest BCUT2D eigenvalue weighted by molar-refractivity contribution is 5.66. The van der Waals surface area contributed by atoms with E-state index in [1.807, 2.05) is 5.57 Å². The van der Waals surface area contributed by atoms with Crippen molar-refractivity contribution in [1.82, 2.24) is 0 Å². The molecule has 4 aliphatic rings. The number of fused-ring (bicyclic) bond motifs is 5. The van der Waals surface area contributed by atoms with Crippen molar-refractivity contribution in [1.29, 1.82) is 0 Å². The number of ether oxygens (including phenoxy) is 1. The zero-order valence-electron chi connectivity index (χ0n) is 23.6. The molecule has 0 aromatic heterocycles. The SMILES string of the molecule is CC(=O)O[C@H]1CC[C@]2(C)[C@H]3CC[C@]4(C)[C@@H]([C@H](C)/C=C(\C)[C@H](C)C(C)C)CC[C@H]4C3=CC[C@H]2[C@@H]1C. The normalized spacial score (nSPS) is 43.9. The number of carbonyl (C=O) groups is 1. The molecule has 0 aromatic rings. The molecule has 3 fully saturated rings. The molecule has 192 valence electrons. The molecule has 0 bridgehead atoms. The van der Waals surface area contributed by atoms with Gasteiger partial charge in [0.15, 0.2) is 0 Å². The second kappa shape index (κ2) is 9.44. The minimum Gasteiger partial charge on any atom is -0.462 e. The molecule has 3 saturated carbocycles. The van der Waals surface area contributed by atoms with E-state index in [0.717, 1.165) is 24.2 Å². The third kappa shape index (κ3) is 4.24. The predicted octanol–water partition coefficient (Wildman–Crippen LogP) is 8.62. The highest BCUT2D eigenvalue weighted by atomic mass is 16.5. The Morgan fingerprint density at radius 1 is 1.00 bits per heavy atom. The number of rotatable bonds is 5. The first kappa shape index (κ1) is 26.0. The van der Waals surface area contributed by atoms with E-state index in [1.165, 1.54) is 38.5 Å². The summed E-state index contributed by atoms with van der Waals surface area (Å²) in [5, 5.41) is 0. The lowest BCUT2D eigenvalue weighted by molar-refractivity contribution is -0.158. The van der Waals surface area contributed by atoms with Crippen molar-refractivity contribution < 1.29 is 9.53 Å². The van der Waals surface area contributed by atoms with Gasteiger partial charge in [-0.2, -0.15) is 0 Å². The lowest BCUT2D eigenvalue weighted by atomic mass is 9.46. The first-order chi connectivity index (χ1) is 15.9. The van der Waals surface area contributed by atoms with Gasteiger partial charge in [0.05, 0.1) is 0 Å². The first-order valence-electron chi connectivity index (χ1n) is 14.5. The minimum atomic E-state index is -0.112. The molecule has 0 amide bonds. The third-order valence-electron chi connectivity index (χ3n) is 11.8. The van der Waals surface area contributed by atoms with E-state index in [0.29, 0.717) is 40.4 Å². The molecule has 10 atom stereocenters. The van der Waals surface area contributed by atoms with Crippen LogP contribution in [-0.2, 0) is 9.53 Å². The van der Waals surface area contributed by atoms with Crippen LogP contribution in [0.5, 0.6) is 0 Å². The van der Waals surface area contributed by atoms with Gasteiger partial charge in [-0.1, -0.05) is 71.8 Å². The molecular weight excluding hydrogens is 416 g/mol. The number of carbonyl (C=O) groups excluding carboxylic acids is 1. The first-order valence-corrected chi connectivity index (χ1v) is 14.5. The Bertz CT molecular complexity index is 836. The van der Waals surface area contributed by atoms with Crippen LogP contribution in [-0.4, -0.2) is 12.1 Å². The summed E-state index contributed by atoms with van der Waals surface area (Å²) in [5.74, 6) is 5.35. The predicted molar refractivity (Wildman–Crippen MR) is 142 cm³/mol. The molecule has 0 saturated heterocycles. The van der Waals surface area contributed by atoms with Gasteiger partial charge in [0, 0.05) is 6.92 Å². The molecule has 0 N–H and O–H groups in total. The average molecular weight is 469 g/mol. The van der Waals surface area contributed by atoms with Crippen molar-refractivity contribution in [2.45, 2.75) is 113 Å². The number of esters is 1. The van der Waals surface area contributed by atoms with Crippen LogP contribution in [0.3, 0.4) is 0 Å². The van der Waals surface area contributed by atoms with Gasteiger partial charge in [-0.15, -0.1) is 0 Å². The quantitative estimate of drug-likeness (QED) is 0.298. The summed E-state index contributed by atoms with van der Waals surface area (Å²) >= 11 is 0. The topological polar surface area (TPSA) is 26.3 Å². The largest absolute Gasteiger partial charge is 0.462 e. The highest BCUT2D eigenvalue weighted by Gasteiger charge is 2.59. The van der Waals surface area contributed by atoms with Crippen LogP contribution in [0, 0.1) is 58.2 Å². The van der Waals surface area contributed by atoms with Gasteiger partial charge in [0.25, 0.3) is 0 Å². The fourth-order valence-electron chi connectivity index (χ4n) is 9.42. The molecule has 4 rings (SSSR count). The molecule has 0 spiro atoms. The second-order valence-corrected chi connectivity index (χ2v) is 13.7. The van der Waals surface area contributed by atoms with Gasteiger partial charge in [-0.3, -0.25) is 4.79 Å². The van der Waals surface area contributed by atoms with Crippen LogP contribution in [0.1, 0.15) is 107 Å². The second-order valence-electron chi connectivity index (χ2n) is 13.7. The molecule has 0 radical (unpaired) electrons. The van der Waals surface area contributed by atoms with Crippen molar-refractivity contribution in [2.75, 3.05) is 0 Å². The molecule has 0 aliphatic heterocycles. The Morgan fingerprint density at radius 3 is 2.29 bits per heavy atom. The van der Waals surface area contributed by atoms with Crippen molar-refractivity contribution in [3.8, 4) is 0 Å². The van der Waals surface area contributed by atoms with Crippen LogP contribution in [0.25, 0.3) is 0 Å². The van der Waals surface area contributed by atoms with Crippen molar-refractivity contribution in [3.05, 3.63) is 23.3 Å². The Morgan fingerprint density at radius 2 is 1.65 bits per heavy atom. The molecule has 0 heterocycles. The smallest absolute Gasteiger partial charge is 0.302 e. The summed E-state index contributed by atoms with van der Waals surface area (Å²) < 4.78 is 5.76. The van der Waals surface area contributed by atoms with Gasteiger partial charge in [0.2, 0.25) is 0 Å². The van der Waals surface area contributed by atoms with Crippen LogP contribution >= 0.6 is 0 Å². The van der Waals surface area contributed by atoms with Gasteiger partial charge in [-0.25, -0.2) is 0 Å². The van der Waals surface area contributed by atoms with Crippen LogP contribution in [0.2, 0.25) is 0 Å². The molecule has 0 aromatic carbocycles. The van der Waals surface area contributed by atoms with E-state index in [9.17, 15) is 4.79 Å². The van der Waals surface area contributed by atoms with Crippen LogP contribution < -0.4 is 0 Å². The molecule has 2 nitrogen and oxygen atoms in total. The number of hydrogen-bond donors (Lipinski definition) is 0. The Balaban J connectivity index is 1.55. The van der Waals surface area contributed by atoms with Crippen molar-refractivity contribution >= 4 is 5.97 Å². The van der Waals surface area contributed by atoms with Gasteiger partial charge >= 0.3 is 5.97 Å². The monoisotopic (exact) mass is 468 g/mol. The summed E-state index contributed by atoms with van der Waals surface area (Å²) in [5.41, 5.74) is 4.24. The van der Waals surface area contributed by atoms with E-state index < -0.39 is 0 Å². The maximum Gasteiger partial charge on any atom is 0.302 e. The lowest BCUT2D eigenvalue weighted by Gasteiger charge is -2.59. The van der Waals surface area contributed by atoms with E-state index >= 15 is 0 Å². The Hall–Kier alpha value is -1.05. The zero-order chi connectivity index (χ0) is 25.0. The van der Waals surface area contributed by atoms with Crippen molar-refractivity contribution in [3.63, 3.8) is 0 Å². The standard InChI is InChI=1S/C32H52O2/c1-19(2)22(5)20(3)18-21(4)26-12-13-28-25-10-11-27-23(6)30(34-24(7)33)15-17-32(27,9)29(25)14-16-31(26,28)8/h10,18-19,21-23,26-30H,11-17H2,1-9H3/b20-18+/t21-,22-,23+,26-,27+,28+,29+,30+,31-,32+/m1/s1. The fourth-order valence-corrected chi connectivity index (χ4v) is 9.42. The maximum atomic E-state index is 11.7. The van der Waals surface area contributed by atoms with E-state index in [4.69, 9.17) is 4.74 Å². The molecular formula is C32H52O2. The van der Waals surface area contributed by atoms with Gasteiger partial charge in [-0.05, 0) is 110 Å². The van der Waals surface area contributed by atoms with E-state index in [1.54, 1.807) is 12.5 Å².